The summed E-state index contributed by atoms with van der Waals surface area (Å²) < 4.78 is 43.9. The highest BCUT2D eigenvalue weighted by atomic mass is 127. The Morgan fingerprint density at radius 2 is 1.83 bits per heavy atom. The Balaban J connectivity index is 0.00000420. The highest BCUT2D eigenvalue weighted by Gasteiger charge is 2.18. The number of rotatable bonds is 8. The second-order valence-electron chi connectivity index (χ2n) is 6.15. The minimum absolute atomic E-state index is 0. The molecule has 2 aromatic rings. The van der Waals surface area contributed by atoms with E-state index in [1.807, 2.05) is 43.1 Å². The molecular formula is C20H27FIN3O3S. The lowest BCUT2D eigenvalue weighted by Crippen LogP contribution is -2.38. The Bertz CT molecular complexity index is 923. The molecule has 0 aliphatic carbocycles. The van der Waals surface area contributed by atoms with E-state index in [1.165, 1.54) is 18.2 Å². The molecule has 0 saturated carbocycles. The normalized spacial score (nSPS) is 11.5. The van der Waals surface area contributed by atoms with E-state index in [0.717, 1.165) is 17.4 Å². The highest BCUT2D eigenvalue weighted by Crippen LogP contribution is 2.19. The zero-order chi connectivity index (χ0) is 20.6. The summed E-state index contributed by atoms with van der Waals surface area (Å²) in [5.74, 6) is 0.321. The van der Waals surface area contributed by atoms with E-state index in [0.29, 0.717) is 19.0 Å². The minimum Gasteiger partial charge on any atom is -0.496 e. The summed E-state index contributed by atoms with van der Waals surface area (Å²) >= 11 is 0. The molecule has 2 rings (SSSR count). The number of guanidine groups is 1. The van der Waals surface area contributed by atoms with Gasteiger partial charge in [-0.2, -0.15) is 0 Å². The number of ether oxygens (including phenoxy) is 1. The van der Waals surface area contributed by atoms with Crippen molar-refractivity contribution in [2.75, 3.05) is 33.0 Å². The van der Waals surface area contributed by atoms with Crippen molar-refractivity contribution in [3.63, 3.8) is 0 Å². The molecule has 0 spiro atoms. The van der Waals surface area contributed by atoms with Crippen molar-refractivity contribution < 1.29 is 17.5 Å². The third kappa shape index (κ3) is 7.14. The lowest BCUT2D eigenvalue weighted by Gasteiger charge is -2.23. The molecule has 0 saturated heterocycles. The molecule has 0 amide bonds. The van der Waals surface area contributed by atoms with Crippen molar-refractivity contribution in [3.05, 3.63) is 59.9 Å². The average Bonchev–Trinajstić information content (AvgIpc) is 2.67. The number of nitrogens with one attached hydrogen (secondary N) is 1. The molecule has 160 valence electrons. The van der Waals surface area contributed by atoms with Crippen LogP contribution in [0.2, 0.25) is 0 Å². The molecule has 2 aromatic carbocycles. The van der Waals surface area contributed by atoms with Gasteiger partial charge in [0.15, 0.2) is 15.8 Å². The molecule has 0 aliphatic rings. The fourth-order valence-corrected chi connectivity index (χ4v) is 3.91. The zero-order valence-corrected chi connectivity index (χ0v) is 19.9. The molecule has 0 fully saturated rings. The second kappa shape index (κ2) is 12.0. The Kier molecular flexibility index (Phi) is 10.4. The number of benzene rings is 2. The van der Waals surface area contributed by atoms with Gasteiger partial charge in [0.25, 0.3) is 0 Å². The van der Waals surface area contributed by atoms with Gasteiger partial charge in [-0.15, -0.1) is 24.0 Å². The van der Waals surface area contributed by atoms with Crippen molar-refractivity contribution in [1.82, 2.24) is 10.2 Å². The van der Waals surface area contributed by atoms with Crippen LogP contribution in [0.3, 0.4) is 0 Å². The number of halogens is 2. The van der Waals surface area contributed by atoms with Gasteiger partial charge in [0, 0.05) is 25.7 Å². The SMILES string of the molecule is CCNC(=NCCS(=O)(=O)c1ccccc1F)N(C)Cc1ccccc1OC.I. The summed E-state index contributed by atoms with van der Waals surface area (Å²) in [4.78, 5) is 5.99. The summed E-state index contributed by atoms with van der Waals surface area (Å²) in [6.45, 7) is 3.13. The molecular weight excluding hydrogens is 508 g/mol. The molecule has 9 heteroatoms. The van der Waals surface area contributed by atoms with Crippen LogP contribution in [0.25, 0.3) is 0 Å². The Morgan fingerprint density at radius 1 is 1.17 bits per heavy atom. The van der Waals surface area contributed by atoms with Gasteiger partial charge in [-0.25, -0.2) is 12.8 Å². The van der Waals surface area contributed by atoms with Crippen LogP contribution in [0.1, 0.15) is 12.5 Å². The van der Waals surface area contributed by atoms with E-state index >= 15 is 0 Å². The van der Waals surface area contributed by atoms with Crippen LogP contribution < -0.4 is 10.1 Å². The molecule has 0 aliphatic heterocycles. The van der Waals surface area contributed by atoms with Gasteiger partial charge in [-0.05, 0) is 25.1 Å². The fraction of sp³-hybridized carbons (Fsp3) is 0.350. The molecule has 0 bridgehead atoms. The maximum atomic E-state index is 13.8. The van der Waals surface area contributed by atoms with Crippen molar-refractivity contribution >= 4 is 39.8 Å². The molecule has 6 nitrogen and oxygen atoms in total. The van der Waals surface area contributed by atoms with Crippen molar-refractivity contribution in [2.24, 2.45) is 4.99 Å². The van der Waals surface area contributed by atoms with Gasteiger partial charge in [-0.1, -0.05) is 30.3 Å². The van der Waals surface area contributed by atoms with E-state index in [-0.39, 0.29) is 41.2 Å². The first-order chi connectivity index (χ1) is 13.4. The molecule has 29 heavy (non-hydrogen) atoms. The summed E-state index contributed by atoms with van der Waals surface area (Å²) in [5.41, 5.74) is 0.983. The third-order valence-corrected chi connectivity index (χ3v) is 5.81. The number of sulfone groups is 1. The first-order valence-electron chi connectivity index (χ1n) is 8.97. The lowest BCUT2D eigenvalue weighted by molar-refractivity contribution is 0.396. The van der Waals surface area contributed by atoms with Gasteiger partial charge < -0.3 is 15.0 Å². The number of nitrogens with zero attached hydrogens (tertiary/aromatic N) is 2. The summed E-state index contributed by atoms with van der Waals surface area (Å²) in [7, 11) is -0.268. The Labute approximate surface area is 189 Å². The van der Waals surface area contributed by atoms with Crippen LogP contribution in [-0.2, 0) is 16.4 Å². The zero-order valence-electron chi connectivity index (χ0n) is 16.8. The van der Waals surface area contributed by atoms with E-state index in [4.69, 9.17) is 4.74 Å². The van der Waals surface area contributed by atoms with Crippen LogP contribution in [0.5, 0.6) is 5.75 Å². The third-order valence-electron chi connectivity index (χ3n) is 4.09. The van der Waals surface area contributed by atoms with E-state index in [9.17, 15) is 12.8 Å². The molecule has 1 N–H and O–H groups in total. The van der Waals surface area contributed by atoms with Gasteiger partial charge in [0.2, 0.25) is 0 Å². The number of aliphatic imine (C=N–C) groups is 1. The van der Waals surface area contributed by atoms with E-state index < -0.39 is 15.7 Å². The minimum atomic E-state index is -3.75. The molecule has 0 heterocycles. The fourth-order valence-electron chi connectivity index (χ4n) is 2.71. The Hall–Kier alpha value is -1.88. The summed E-state index contributed by atoms with van der Waals surface area (Å²) in [5, 5.41) is 3.14. The predicted octanol–water partition coefficient (Wildman–Crippen LogP) is 3.32. The van der Waals surface area contributed by atoms with E-state index in [1.54, 1.807) is 7.11 Å². The van der Waals surface area contributed by atoms with Crippen LogP contribution in [0.15, 0.2) is 58.4 Å². The largest absolute Gasteiger partial charge is 0.496 e. The first kappa shape index (κ1) is 25.2. The summed E-state index contributed by atoms with van der Waals surface area (Å²) in [6.07, 6.45) is 0. The van der Waals surface area contributed by atoms with Gasteiger partial charge >= 0.3 is 0 Å². The number of hydrogen-bond acceptors (Lipinski definition) is 4. The van der Waals surface area contributed by atoms with Crippen LogP contribution in [0.4, 0.5) is 4.39 Å². The molecule has 0 unspecified atom stereocenters. The smallest absolute Gasteiger partial charge is 0.193 e. The first-order valence-corrected chi connectivity index (χ1v) is 10.6. The number of para-hydroxylation sites is 1. The van der Waals surface area contributed by atoms with Gasteiger partial charge in [-0.3, -0.25) is 4.99 Å². The second-order valence-corrected chi connectivity index (χ2v) is 8.23. The van der Waals surface area contributed by atoms with Crippen molar-refractivity contribution in [3.8, 4) is 5.75 Å². The van der Waals surface area contributed by atoms with Gasteiger partial charge in [0.05, 0.1) is 19.4 Å². The molecule has 0 radical (unpaired) electrons. The maximum absolute atomic E-state index is 13.8. The van der Waals surface area contributed by atoms with E-state index in [2.05, 4.69) is 10.3 Å². The highest BCUT2D eigenvalue weighted by molar-refractivity contribution is 14.0. The van der Waals surface area contributed by atoms with Crippen LogP contribution in [0, 0.1) is 5.82 Å². The number of methoxy groups -OCH3 is 1. The predicted molar refractivity (Wildman–Crippen MR) is 124 cm³/mol. The monoisotopic (exact) mass is 535 g/mol. The van der Waals surface area contributed by atoms with Crippen LogP contribution in [-0.4, -0.2) is 52.3 Å². The lowest BCUT2D eigenvalue weighted by atomic mass is 10.2. The maximum Gasteiger partial charge on any atom is 0.193 e. The average molecular weight is 535 g/mol. The van der Waals surface area contributed by atoms with Crippen molar-refractivity contribution in [1.29, 1.82) is 0 Å². The van der Waals surface area contributed by atoms with Crippen molar-refractivity contribution in [2.45, 2.75) is 18.4 Å². The number of hydrogen-bond donors (Lipinski definition) is 1. The quantitative estimate of drug-likeness (QED) is 0.319. The van der Waals surface area contributed by atoms with Gasteiger partial charge in [0.1, 0.15) is 16.5 Å². The molecule has 0 aromatic heterocycles. The standard InChI is InChI=1S/C20H26FN3O3S.HI/c1-4-22-20(24(2)15-16-9-5-7-11-18(16)27-3)23-13-14-28(25,26)19-12-8-6-10-17(19)21;/h5-12H,4,13-15H2,1-3H3,(H,22,23);1H. The Morgan fingerprint density at radius 3 is 2.48 bits per heavy atom. The summed E-state index contributed by atoms with van der Waals surface area (Å²) in [6, 6.07) is 13.0. The topological polar surface area (TPSA) is 71.0 Å². The molecule has 0 atom stereocenters. The van der Waals surface area contributed by atoms with Crippen LogP contribution >= 0.6 is 24.0 Å².